The van der Waals surface area contributed by atoms with Gasteiger partial charge in [-0.2, -0.15) is 5.10 Å². The van der Waals surface area contributed by atoms with Crippen LogP contribution in [0.25, 0.3) is 0 Å². The van der Waals surface area contributed by atoms with Crippen molar-refractivity contribution in [1.29, 1.82) is 0 Å². The molecular weight excluding hydrogens is 388 g/mol. The lowest BCUT2D eigenvalue weighted by Crippen LogP contribution is -2.54. The van der Waals surface area contributed by atoms with Crippen molar-refractivity contribution >= 4 is 11.8 Å². The summed E-state index contributed by atoms with van der Waals surface area (Å²) >= 11 is 0. The van der Waals surface area contributed by atoms with E-state index in [2.05, 4.69) is 47.4 Å². The number of carbonyl (C=O) groups is 2. The average molecular weight is 423 g/mol. The standard InChI is InChI=1S/C25H34N4O2/c1-18-15-19(2)28(27-18)14-8-13-24(31)29-21(16-20-9-5-4-6-10-20)17-25(3)22(29)11-7-12-23(30)26-25/h4-6,9-10,15,21-22H,7-8,11-14,16-17H2,1-3H3,(H,26,30)/t21-,22+,25+/m1/s1. The van der Waals surface area contributed by atoms with Crippen LogP contribution in [0.3, 0.4) is 0 Å². The normalized spacial score (nSPS) is 25.8. The summed E-state index contributed by atoms with van der Waals surface area (Å²) in [4.78, 5) is 27.9. The predicted molar refractivity (Wildman–Crippen MR) is 121 cm³/mol. The second kappa shape index (κ2) is 8.85. The second-order valence-corrected chi connectivity index (χ2v) is 9.48. The number of hydrogen-bond acceptors (Lipinski definition) is 3. The van der Waals surface area contributed by atoms with E-state index >= 15 is 0 Å². The van der Waals surface area contributed by atoms with E-state index in [1.165, 1.54) is 5.56 Å². The maximum Gasteiger partial charge on any atom is 0.223 e. The fourth-order valence-electron chi connectivity index (χ4n) is 5.56. The van der Waals surface area contributed by atoms with Gasteiger partial charge in [-0.3, -0.25) is 14.3 Å². The van der Waals surface area contributed by atoms with Crippen LogP contribution < -0.4 is 5.32 Å². The summed E-state index contributed by atoms with van der Waals surface area (Å²) in [6.07, 6.45) is 5.17. The van der Waals surface area contributed by atoms with E-state index in [1.807, 2.05) is 29.8 Å². The summed E-state index contributed by atoms with van der Waals surface area (Å²) in [7, 11) is 0. The molecule has 0 spiro atoms. The van der Waals surface area contributed by atoms with Gasteiger partial charge in [-0.1, -0.05) is 30.3 Å². The molecule has 6 nitrogen and oxygen atoms in total. The minimum absolute atomic E-state index is 0.0637. The summed E-state index contributed by atoms with van der Waals surface area (Å²) in [6, 6.07) is 12.6. The van der Waals surface area contributed by atoms with Crippen molar-refractivity contribution in [2.45, 2.75) is 89.9 Å². The highest BCUT2D eigenvalue weighted by Gasteiger charge is 2.52. The van der Waals surface area contributed by atoms with Crippen LogP contribution in [0, 0.1) is 13.8 Å². The number of amides is 2. The molecule has 2 aliphatic heterocycles. The number of nitrogens with zero attached hydrogens (tertiary/aromatic N) is 3. The Bertz CT molecular complexity index is 938. The zero-order chi connectivity index (χ0) is 22.0. The molecule has 2 saturated heterocycles. The van der Waals surface area contributed by atoms with E-state index in [4.69, 9.17) is 0 Å². The molecule has 0 radical (unpaired) electrons. The molecule has 0 unspecified atom stereocenters. The lowest BCUT2D eigenvalue weighted by Gasteiger charge is -2.35. The largest absolute Gasteiger partial charge is 0.349 e. The molecular formula is C25H34N4O2. The van der Waals surface area contributed by atoms with E-state index in [-0.39, 0.29) is 29.4 Å². The Kier molecular flexibility index (Phi) is 6.17. The third-order valence-corrected chi connectivity index (χ3v) is 6.90. The van der Waals surface area contributed by atoms with Crippen molar-refractivity contribution in [2.75, 3.05) is 0 Å². The van der Waals surface area contributed by atoms with Crippen LogP contribution in [0.15, 0.2) is 36.4 Å². The Morgan fingerprint density at radius 3 is 2.74 bits per heavy atom. The molecule has 2 aromatic rings. The molecule has 3 heterocycles. The first-order valence-electron chi connectivity index (χ1n) is 11.5. The number of benzene rings is 1. The fraction of sp³-hybridized carbons (Fsp3) is 0.560. The average Bonchev–Trinajstić information content (AvgIpc) is 3.12. The van der Waals surface area contributed by atoms with Crippen molar-refractivity contribution in [3.8, 4) is 0 Å². The van der Waals surface area contributed by atoms with Crippen molar-refractivity contribution in [3.63, 3.8) is 0 Å². The van der Waals surface area contributed by atoms with Gasteiger partial charge in [0.25, 0.3) is 0 Å². The minimum Gasteiger partial charge on any atom is -0.349 e. The van der Waals surface area contributed by atoms with Gasteiger partial charge in [0.05, 0.1) is 17.3 Å². The fourth-order valence-corrected chi connectivity index (χ4v) is 5.56. The Balaban J connectivity index is 1.50. The van der Waals surface area contributed by atoms with Gasteiger partial charge in [0.15, 0.2) is 0 Å². The van der Waals surface area contributed by atoms with Crippen LogP contribution in [-0.4, -0.2) is 44.1 Å². The highest BCUT2D eigenvalue weighted by Crippen LogP contribution is 2.39. The molecule has 1 aromatic heterocycles. The van der Waals surface area contributed by atoms with Crippen LogP contribution in [0.1, 0.15) is 62.4 Å². The van der Waals surface area contributed by atoms with Gasteiger partial charge in [0.1, 0.15) is 0 Å². The summed E-state index contributed by atoms with van der Waals surface area (Å²) in [5.41, 5.74) is 3.03. The van der Waals surface area contributed by atoms with Gasteiger partial charge < -0.3 is 10.2 Å². The zero-order valence-electron chi connectivity index (χ0n) is 18.9. The van der Waals surface area contributed by atoms with Crippen molar-refractivity contribution < 1.29 is 9.59 Å². The zero-order valence-corrected chi connectivity index (χ0v) is 18.9. The lowest BCUT2D eigenvalue weighted by atomic mass is 9.88. The molecule has 2 amide bonds. The molecule has 31 heavy (non-hydrogen) atoms. The number of nitrogens with one attached hydrogen (secondary N) is 1. The van der Waals surface area contributed by atoms with Crippen LogP contribution in [0.4, 0.5) is 0 Å². The molecule has 2 fully saturated rings. The van der Waals surface area contributed by atoms with Gasteiger partial charge in [-0.05, 0) is 64.5 Å². The highest BCUT2D eigenvalue weighted by molar-refractivity contribution is 5.80. The summed E-state index contributed by atoms with van der Waals surface area (Å²) < 4.78 is 1.99. The first kappa shape index (κ1) is 21.6. The molecule has 4 rings (SSSR count). The van der Waals surface area contributed by atoms with Crippen LogP contribution >= 0.6 is 0 Å². The Hall–Kier alpha value is -2.63. The maximum atomic E-state index is 13.5. The number of carbonyl (C=O) groups excluding carboxylic acids is 2. The van der Waals surface area contributed by atoms with Gasteiger partial charge >= 0.3 is 0 Å². The molecule has 3 atom stereocenters. The van der Waals surface area contributed by atoms with E-state index in [0.29, 0.717) is 12.8 Å². The Labute approximate surface area is 185 Å². The summed E-state index contributed by atoms with van der Waals surface area (Å²) in [5.74, 6) is 0.314. The number of aromatic nitrogens is 2. The van der Waals surface area contributed by atoms with Gasteiger partial charge in [0.2, 0.25) is 11.8 Å². The molecule has 166 valence electrons. The molecule has 0 saturated carbocycles. The van der Waals surface area contributed by atoms with Gasteiger partial charge in [0, 0.05) is 31.1 Å². The number of aryl methyl sites for hydroxylation is 3. The van der Waals surface area contributed by atoms with E-state index in [1.54, 1.807) is 0 Å². The molecule has 0 bridgehead atoms. The number of likely N-dealkylation sites (tertiary alicyclic amines) is 1. The predicted octanol–water partition coefficient (Wildman–Crippen LogP) is 3.55. The van der Waals surface area contributed by atoms with Gasteiger partial charge in [-0.15, -0.1) is 0 Å². The van der Waals surface area contributed by atoms with E-state index in [0.717, 1.165) is 50.0 Å². The second-order valence-electron chi connectivity index (χ2n) is 9.48. The maximum absolute atomic E-state index is 13.5. The molecule has 2 aliphatic rings. The summed E-state index contributed by atoms with van der Waals surface area (Å²) in [5, 5.41) is 7.78. The number of hydrogen-bond donors (Lipinski definition) is 1. The van der Waals surface area contributed by atoms with Gasteiger partial charge in [-0.25, -0.2) is 0 Å². The topological polar surface area (TPSA) is 67.2 Å². The quantitative estimate of drug-likeness (QED) is 0.774. The number of fused-ring (bicyclic) bond motifs is 1. The summed E-state index contributed by atoms with van der Waals surface area (Å²) in [6.45, 7) is 6.93. The van der Waals surface area contributed by atoms with E-state index < -0.39 is 0 Å². The third kappa shape index (κ3) is 4.68. The minimum atomic E-state index is -0.349. The van der Waals surface area contributed by atoms with Crippen LogP contribution in [0.5, 0.6) is 0 Å². The smallest absolute Gasteiger partial charge is 0.223 e. The van der Waals surface area contributed by atoms with Crippen LogP contribution in [-0.2, 0) is 22.6 Å². The van der Waals surface area contributed by atoms with E-state index in [9.17, 15) is 9.59 Å². The highest BCUT2D eigenvalue weighted by atomic mass is 16.2. The SMILES string of the molecule is Cc1cc(C)n(CCCC(=O)N2[C@H](Cc3ccccc3)C[C@]3(C)NC(=O)CCC[C@H]23)n1. The molecule has 1 N–H and O–H groups in total. The first-order chi connectivity index (χ1) is 14.9. The third-order valence-electron chi connectivity index (χ3n) is 6.90. The molecule has 0 aliphatic carbocycles. The monoisotopic (exact) mass is 422 g/mol. The van der Waals surface area contributed by atoms with Crippen molar-refractivity contribution in [3.05, 3.63) is 53.3 Å². The molecule has 1 aromatic carbocycles. The Morgan fingerprint density at radius 2 is 2.03 bits per heavy atom. The molecule has 6 heteroatoms. The Morgan fingerprint density at radius 1 is 1.26 bits per heavy atom. The van der Waals surface area contributed by atoms with Crippen molar-refractivity contribution in [1.82, 2.24) is 20.0 Å². The van der Waals surface area contributed by atoms with Crippen molar-refractivity contribution in [2.24, 2.45) is 0 Å². The first-order valence-corrected chi connectivity index (χ1v) is 11.5. The lowest BCUT2D eigenvalue weighted by molar-refractivity contribution is -0.135. The number of rotatable bonds is 6. The van der Waals surface area contributed by atoms with Crippen LogP contribution in [0.2, 0.25) is 0 Å².